The standard InChI is InChI=1S/C10H20O2/c1-4-7-8(9(11)5-2)10(12)6-3/h4,8-12H,1,5-7H2,2-3H3. The molecule has 0 bridgehead atoms. The van der Waals surface area contributed by atoms with Gasteiger partial charge in [-0.1, -0.05) is 19.9 Å². The molecule has 0 heterocycles. The Balaban J connectivity index is 4.09. The molecule has 12 heavy (non-hydrogen) atoms. The third-order valence-electron chi connectivity index (χ3n) is 2.26. The Morgan fingerprint density at radius 1 is 1.17 bits per heavy atom. The molecular formula is C10H20O2. The molecule has 0 radical (unpaired) electrons. The van der Waals surface area contributed by atoms with E-state index in [4.69, 9.17) is 0 Å². The normalized spacial score (nSPS) is 18.3. The van der Waals surface area contributed by atoms with Crippen LogP contribution >= 0.6 is 0 Å². The molecule has 0 aromatic carbocycles. The Kier molecular flexibility index (Phi) is 6.03. The van der Waals surface area contributed by atoms with Gasteiger partial charge in [0.2, 0.25) is 0 Å². The van der Waals surface area contributed by atoms with Crippen molar-refractivity contribution in [3.63, 3.8) is 0 Å². The first-order chi connectivity index (χ1) is 5.67. The molecule has 0 aromatic rings. The molecule has 0 fully saturated rings. The van der Waals surface area contributed by atoms with Gasteiger partial charge in [0.1, 0.15) is 0 Å². The van der Waals surface area contributed by atoms with Gasteiger partial charge >= 0.3 is 0 Å². The van der Waals surface area contributed by atoms with Gasteiger partial charge in [-0.15, -0.1) is 6.58 Å². The van der Waals surface area contributed by atoms with Gasteiger partial charge in [-0.25, -0.2) is 0 Å². The molecule has 2 N–H and O–H groups in total. The average molecular weight is 172 g/mol. The van der Waals surface area contributed by atoms with Crippen LogP contribution in [0.3, 0.4) is 0 Å². The van der Waals surface area contributed by atoms with Crippen LogP contribution in [0.4, 0.5) is 0 Å². The van der Waals surface area contributed by atoms with Crippen molar-refractivity contribution in [2.45, 2.75) is 45.3 Å². The van der Waals surface area contributed by atoms with Crippen molar-refractivity contribution < 1.29 is 10.2 Å². The zero-order valence-electron chi connectivity index (χ0n) is 8.03. The average Bonchev–Trinajstić information content (AvgIpc) is 2.11. The highest BCUT2D eigenvalue weighted by Gasteiger charge is 2.22. The van der Waals surface area contributed by atoms with E-state index < -0.39 is 12.2 Å². The second kappa shape index (κ2) is 6.21. The highest BCUT2D eigenvalue weighted by molar-refractivity contribution is 4.81. The third-order valence-corrected chi connectivity index (χ3v) is 2.26. The Morgan fingerprint density at radius 2 is 1.58 bits per heavy atom. The maximum Gasteiger partial charge on any atom is 0.0593 e. The molecule has 2 nitrogen and oxygen atoms in total. The molecule has 2 heteroatoms. The van der Waals surface area contributed by atoms with Crippen molar-refractivity contribution in [3.8, 4) is 0 Å². The summed E-state index contributed by atoms with van der Waals surface area (Å²) in [5, 5.41) is 19.1. The van der Waals surface area contributed by atoms with Crippen LogP contribution in [-0.4, -0.2) is 22.4 Å². The summed E-state index contributed by atoms with van der Waals surface area (Å²) in [5.41, 5.74) is 0. The number of rotatable bonds is 6. The van der Waals surface area contributed by atoms with E-state index in [2.05, 4.69) is 6.58 Å². The summed E-state index contributed by atoms with van der Waals surface area (Å²) in [7, 11) is 0. The van der Waals surface area contributed by atoms with Gasteiger partial charge in [0.15, 0.2) is 0 Å². The van der Waals surface area contributed by atoms with Crippen LogP contribution in [0, 0.1) is 5.92 Å². The number of aliphatic hydroxyl groups excluding tert-OH is 2. The van der Waals surface area contributed by atoms with Gasteiger partial charge in [-0.3, -0.25) is 0 Å². The minimum Gasteiger partial charge on any atom is -0.393 e. The quantitative estimate of drug-likeness (QED) is 0.599. The first-order valence-corrected chi connectivity index (χ1v) is 4.64. The predicted octanol–water partition coefficient (Wildman–Crippen LogP) is 1.72. The van der Waals surface area contributed by atoms with Gasteiger partial charge in [0, 0.05) is 5.92 Å². The highest BCUT2D eigenvalue weighted by atomic mass is 16.3. The molecule has 2 unspecified atom stereocenters. The van der Waals surface area contributed by atoms with Crippen LogP contribution in [0.5, 0.6) is 0 Å². The molecule has 0 aromatic heterocycles. The number of allylic oxidation sites excluding steroid dienone is 1. The molecule has 0 rings (SSSR count). The lowest BCUT2D eigenvalue weighted by Crippen LogP contribution is -2.30. The van der Waals surface area contributed by atoms with Crippen molar-refractivity contribution in [2.24, 2.45) is 5.92 Å². The van der Waals surface area contributed by atoms with Crippen molar-refractivity contribution in [1.82, 2.24) is 0 Å². The fourth-order valence-corrected chi connectivity index (χ4v) is 1.37. The predicted molar refractivity (Wildman–Crippen MR) is 50.9 cm³/mol. The molecule has 0 aliphatic carbocycles. The van der Waals surface area contributed by atoms with Crippen molar-refractivity contribution in [1.29, 1.82) is 0 Å². The minimum atomic E-state index is -0.405. The summed E-state index contributed by atoms with van der Waals surface area (Å²) in [5.74, 6) is -0.0440. The van der Waals surface area contributed by atoms with E-state index >= 15 is 0 Å². The summed E-state index contributed by atoms with van der Waals surface area (Å²) in [4.78, 5) is 0. The number of hydrogen-bond donors (Lipinski definition) is 2. The molecule has 0 spiro atoms. The molecular weight excluding hydrogens is 152 g/mol. The highest BCUT2D eigenvalue weighted by Crippen LogP contribution is 2.19. The van der Waals surface area contributed by atoms with E-state index in [9.17, 15) is 10.2 Å². The van der Waals surface area contributed by atoms with Crippen LogP contribution in [0.1, 0.15) is 33.1 Å². The van der Waals surface area contributed by atoms with E-state index in [1.54, 1.807) is 6.08 Å². The van der Waals surface area contributed by atoms with Crippen LogP contribution in [0.2, 0.25) is 0 Å². The molecule has 2 atom stereocenters. The van der Waals surface area contributed by atoms with E-state index in [0.717, 1.165) is 0 Å². The topological polar surface area (TPSA) is 40.5 Å². The molecule has 0 aliphatic heterocycles. The molecule has 0 saturated heterocycles. The zero-order chi connectivity index (χ0) is 9.56. The molecule has 0 saturated carbocycles. The monoisotopic (exact) mass is 172 g/mol. The zero-order valence-corrected chi connectivity index (χ0v) is 8.03. The van der Waals surface area contributed by atoms with Crippen LogP contribution in [0.15, 0.2) is 12.7 Å². The minimum absolute atomic E-state index is 0.0440. The van der Waals surface area contributed by atoms with E-state index in [1.807, 2.05) is 13.8 Å². The van der Waals surface area contributed by atoms with E-state index in [-0.39, 0.29) is 5.92 Å². The van der Waals surface area contributed by atoms with Crippen LogP contribution < -0.4 is 0 Å². The summed E-state index contributed by atoms with van der Waals surface area (Å²) < 4.78 is 0. The number of aliphatic hydroxyl groups is 2. The lowest BCUT2D eigenvalue weighted by molar-refractivity contribution is 0.0105. The fraction of sp³-hybridized carbons (Fsp3) is 0.800. The SMILES string of the molecule is C=CCC(C(O)CC)C(O)CC. The largest absolute Gasteiger partial charge is 0.393 e. The Labute approximate surface area is 74.9 Å². The Bertz CT molecular complexity index is 113. The fourth-order valence-electron chi connectivity index (χ4n) is 1.37. The van der Waals surface area contributed by atoms with E-state index in [0.29, 0.717) is 19.3 Å². The summed E-state index contributed by atoms with van der Waals surface area (Å²) in [6, 6.07) is 0. The lowest BCUT2D eigenvalue weighted by Gasteiger charge is -2.24. The van der Waals surface area contributed by atoms with Crippen molar-refractivity contribution >= 4 is 0 Å². The van der Waals surface area contributed by atoms with Crippen molar-refractivity contribution in [3.05, 3.63) is 12.7 Å². The van der Waals surface area contributed by atoms with Gasteiger partial charge in [-0.2, -0.15) is 0 Å². The molecule has 0 aliphatic rings. The summed E-state index contributed by atoms with van der Waals surface area (Å²) >= 11 is 0. The first-order valence-electron chi connectivity index (χ1n) is 4.64. The van der Waals surface area contributed by atoms with E-state index in [1.165, 1.54) is 0 Å². The van der Waals surface area contributed by atoms with Gasteiger partial charge in [0.25, 0.3) is 0 Å². The first kappa shape index (κ1) is 11.7. The van der Waals surface area contributed by atoms with Crippen LogP contribution in [-0.2, 0) is 0 Å². The van der Waals surface area contributed by atoms with Gasteiger partial charge in [0.05, 0.1) is 12.2 Å². The second-order valence-corrected chi connectivity index (χ2v) is 3.14. The maximum atomic E-state index is 9.54. The molecule has 0 amide bonds. The van der Waals surface area contributed by atoms with Gasteiger partial charge < -0.3 is 10.2 Å². The van der Waals surface area contributed by atoms with Crippen molar-refractivity contribution in [2.75, 3.05) is 0 Å². The summed E-state index contributed by atoms with van der Waals surface area (Å²) in [6.07, 6.45) is 3.01. The smallest absolute Gasteiger partial charge is 0.0593 e. The van der Waals surface area contributed by atoms with Crippen LogP contribution in [0.25, 0.3) is 0 Å². The number of hydrogen-bond acceptors (Lipinski definition) is 2. The Hall–Kier alpha value is -0.340. The summed E-state index contributed by atoms with van der Waals surface area (Å²) in [6.45, 7) is 7.45. The maximum absolute atomic E-state index is 9.54. The van der Waals surface area contributed by atoms with Gasteiger partial charge in [-0.05, 0) is 19.3 Å². The lowest BCUT2D eigenvalue weighted by atomic mass is 9.89. The second-order valence-electron chi connectivity index (χ2n) is 3.14. The third kappa shape index (κ3) is 3.37. The Morgan fingerprint density at radius 3 is 1.83 bits per heavy atom. The molecule has 72 valence electrons.